The lowest BCUT2D eigenvalue weighted by Gasteiger charge is -2.23. The van der Waals surface area contributed by atoms with Crippen LogP contribution in [0.4, 0.5) is 0 Å². The summed E-state index contributed by atoms with van der Waals surface area (Å²) < 4.78 is 6.09. The number of methoxy groups -OCH3 is 1. The molecule has 1 aliphatic rings. The lowest BCUT2D eigenvalue weighted by atomic mass is 9.98. The van der Waals surface area contributed by atoms with E-state index in [1.165, 1.54) is 19.3 Å². The molecule has 2 rings (SSSR count). The van der Waals surface area contributed by atoms with Crippen molar-refractivity contribution >= 4 is 15.9 Å². The number of ether oxygens (including phenoxy) is 1. The SMILES string of the molecule is COc1ccc(C(O)C2CCCCCN2)cc1Br. The van der Waals surface area contributed by atoms with Crippen molar-refractivity contribution in [3.05, 3.63) is 28.2 Å². The van der Waals surface area contributed by atoms with E-state index in [0.29, 0.717) is 0 Å². The summed E-state index contributed by atoms with van der Waals surface area (Å²) in [4.78, 5) is 0. The smallest absolute Gasteiger partial charge is 0.133 e. The first kappa shape index (κ1) is 13.8. The molecule has 2 unspecified atom stereocenters. The summed E-state index contributed by atoms with van der Waals surface area (Å²) in [5, 5.41) is 13.9. The Labute approximate surface area is 117 Å². The fourth-order valence-electron chi connectivity index (χ4n) is 2.42. The fraction of sp³-hybridized carbons (Fsp3) is 0.571. The van der Waals surface area contributed by atoms with E-state index >= 15 is 0 Å². The zero-order valence-corrected chi connectivity index (χ0v) is 12.2. The second-order valence-electron chi connectivity index (χ2n) is 4.75. The molecule has 1 fully saturated rings. The molecule has 18 heavy (non-hydrogen) atoms. The van der Waals surface area contributed by atoms with Gasteiger partial charge < -0.3 is 15.2 Å². The number of aliphatic hydroxyl groups excluding tert-OH is 1. The minimum atomic E-state index is -0.453. The minimum absolute atomic E-state index is 0.160. The Bertz CT molecular complexity index is 389. The Morgan fingerprint density at radius 3 is 2.94 bits per heavy atom. The molecule has 0 bridgehead atoms. The Hall–Kier alpha value is -0.580. The van der Waals surface area contributed by atoms with Gasteiger partial charge in [0, 0.05) is 6.04 Å². The van der Waals surface area contributed by atoms with Crippen molar-refractivity contribution in [1.29, 1.82) is 0 Å². The van der Waals surface area contributed by atoms with Gasteiger partial charge in [0.25, 0.3) is 0 Å². The average Bonchev–Trinajstić information content (AvgIpc) is 2.66. The number of halogens is 1. The maximum absolute atomic E-state index is 10.4. The van der Waals surface area contributed by atoms with Crippen LogP contribution in [0.5, 0.6) is 5.75 Å². The third-order valence-corrected chi connectivity index (χ3v) is 4.12. The molecule has 1 aromatic carbocycles. The fourth-order valence-corrected chi connectivity index (χ4v) is 2.98. The highest BCUT2D eigenvalue weighted by Crippen LogP contribution is 2.30. The molecule has 2 N–H and O–H groups in total. The molecular weight excluding hydrogens is 294 g/mol. The van der Waals surface area contributed by atoms with Crippen LogP contribution in [0, 0.1) is 0 Å². The van der Waals surface area contributed by atoms with Crippen LogP contribution in [0.15, 0.2) is 22.7 Å². The average molecular weight is 314 g/mol. The molecule has 4 heteroatoms. The predicted molar refractivity (Wildman–Crippen MR) is 75.9 cm³/mol. The van der Waals surface area contributed by atoms with Crippen LogP contribution >= 0.6 is 15.9 Å². The number of nitrogens with one attached hydrogen (secondary N) is 1. The van der Waals surface area contributed by atoms with Crippen LogP contribution < -0.4 is 10.1 Å². The van der Waals surface area contributed by atoms with Gasteiger partial charge in [0.2, 0.25) is 0 Å². The first-order chi connectivity index (χ1) is 8.72. The first-order valence-electron chi connectivity index (χ1n) is 6.47. The van der Waals surface area contributed by atoms with Gasteiger partial charge in [-0.05, 0) is 53.0 Å². The maximum atomic E-state index is 10.4. The molecular formula is C14H20BrNO2. The molecule has 1 aliphatic heterocycles. The molecule has 0 spiro atoms. The summed E-state index contributed by atoms with van der Waals surface area (Å²) in [6.45, 7) is 0.999. The Kier molecular flexibility index (Phi) is 5.03. The van der Waals surface area contributed by atoms with Crippen molar-refractivity contribution in [2.24, 2.45) is 0 Å². The van der Waals surface area contributed by atoms with Gasteiger partial charge >= 0.3 is 0 Å². The first-order valence-corrected chi connectivity index (χ1v) is 7.26. The van der Waals surface area contributed by atoms with E-state index in [9.17, 15) is 5.11 Å². The van der Waals surface area contributed by atoms with E-state index < -0.39 is 6.10 Å². The van der Waals surface area contributed by atoms with Crippen molar-refractivity contribution < 1.29 is 9.84 Å². The molecule has 2 atom stereocenters. The highest BCUT2D eigenvalue weighted by molar-refractivity contribution is 9.10. The Morgan fingerprint density at radius 2 is 2.22 bits per heavy atom. The summed E-state index contributed by atoms with van der Waals surface area (Å²) in [6, 6.07) is 5.92. The van der Waals surface area contributed by atoms with Gasteiger partial charge in [-0.15, -0.1) is 0 Å². The summed E-state index contributed by atoms with van der Waals surface area (Å²) >= 11 is 3.46. The molecule has 1 saturated heterocycles. The second kappa shape index (κ2) is 6.55. The quantitative estimate of drug-likeness (QED) is 0.901. The number of benzene rings is 1. The van der Waals surface area contributed by atoms with Crippen LogP contribution in [0.3, 0.4) is 0 Å². The normalized spacial score (nSPS) is 22.3. The van der Waals surface area contributed by atoms with Crippen LogP contribution in [0.25, 0.3) is 0 Å². The third-order valence-electron chi connectivity index (χ3n) is 3.50. The van der Waals surface area contributed by atoms with Gasteiger partial charge in [0.05, 0.1) is 17.7 Å². The molecule has 3 nitrogen and oxygen atoms in total. The number of hydrogen-bond acceptors (Lipinski definition) is 3. The van der Waals surface area contributed by atoms with E-state index in [2.05, 4.69) is 21.2 Å². The monoisotopic (exact) mass is 313 g/mol. The zero-order chi connectivity index (χ0) is 13.0. The standard InChI is InChI=1S/C14H20BrNO2/c1-18-13-7-6-10(9-11(13)15)14(17)12-5-3-2-4-8-16-12/h6-7,9,12,14,16-17H,2-5,8H2,1H3. The highest BCUT2D eigenvalue weighted by atomic mass is 79.9. The van der Waals surface area contributed by atoms with Crippen LogP contribution in [-0.2, 0) is 0 Å². The lowest BCUT2D eigenvalue weighted by Crippen LogP contribution is -2.34. The number of hydrogen-bond donors (Lipinski definition) is 2. The topological polar surface area (TPSA) is 41.5 Å². The predicted octanol–water partition coefficient (Wildman–Crippen LogP) is 3.02. The summed E-state index contributed by atoms with van der Waals surface area (Å²) in [5.41, 5.74) is 0.932. The molecule has 1 heterocycles. The van der Waals surface area contributed by atoms with Crippen LogP contribution in [-0.4, -0.2) is 24.8 Å². The van der Waals surface area contributed by atoms with Crippen LogP contribution in [0.1, 0.15) is 37.4 Å². The summed E-state index contributed by atoms with van der Waals surface area (Å²) in [7, 11) is 1.64. The van der Waals surface area contributed by atoms with E-state index in [0.717, 1.165) is 28.8 Å². The minimum Gasteiger partial charge on any atom is -0.496 e. The lowest BCUT2D eigenvalue weighted by molar-refractivity contribution is 0.126. The number of aliphatic hydroxyl groups is 1. The van der Waals surface area contributed by atoms with Gasteiger partial charge in [-0.25, -0.2) is 0 Å². The van der Waals surface area contributed by atoms with Gasteiger partial charge in [-0.1, -0.05) is 18.9 Å². The molecule has 0 radical (unpaired) electrons. The molecule has 0 aliphatic carbocycles. The van der Waals surface area contributed by atoms with E-state index in [1.807, 2.05) is 18.2 Å². The van der Waals surface area contributed by atoms with Gasteiger partial charge in [-0.2, -0.15) is 0 Å². The zero-order valence-electron chi connectivity index (χ0n) is 10.7. The van der Waals surface area contributed by atoms with Gasteiger partial charge in [-0.3, -0.25) is 0 Å². The molecule has 0 amide bonds. The van der Waals surface area contributed by atoms with Crippen molar-refractivity contribution in [3.8, 4) is 5.75 Å². The maximum Gasteiger partial charge on any atom is 0.133 e. The Balaban J connectivity index is 2.11. The van der Waals surface area contributed by atoms with E-state index in [-0.39, 0.29) is 6.04 Å². The second-order valence-corrected chi connectivity index (χ2v) is 5.60. The van der Waals surface area contributed by atoms with Gasteiger partial charge in [0.1, 0.15) is 5.75 Å². The number of rotatable bonds is 3. The van der Waals surface area contributed by atoms with E-state index in [1.54, 1.807) is 7.11 Å². The molecule has 0 saturated carbocycles. The highest BCUT2D eigenvalue weighted by Gasteiger charge is 2.22. The van der Waals surface area contributed by atoms with Crippen molar-refractivity contribution in [3.63, 3.8) is 0 Å². The Morgan fingerprint density at radius 1 is 1.39 bits per heavy atom. The largest absolute Gasteiger partial charge is 0.496 e. The van der Waals surface area contributed by atoms with Crippen LogP contribution in [0.2, 0.25) is 0 Å². The van der Waals surface area contributed by atoms with Crippen molar-refractivity contribution in [2.45, 2.75) is 37.8 Å². The van der Waals surface area contributed by atoms with E-state index in [4.69, 9.17) is 4.74 Å². The molecule has 100 valence electrons. The molecule has 0 aromatic heterocycles. The summed E-state index contributed by atoms with van der Waals surface area (Å²) in [5.74, 6) is 0.791. The summed E-state index contributed by atoms with van der Waals surface area (Å²) in [6.07, 6.45) is 4.22. The molecule has 1 aromatic rings. The third kappa shape index (κ3) is 3.25. The van der Waals surface area contributed by atoms with Gasteiger partial charge in [0.15, 0.2) is 0 Å². The van der Waals surface area contributed by atoms with Crippen molar-refractivity contribution in [1.82, 2.24) is 5.32 Å². The van der Waals surface area contributed by atoms with Crippen molar-refractivity contribution in [2.75, 3.05) is 13.7 Å².